The van der Waals surface area contributed by atoms with Crippen molar-refractivity contribution >= 4 is 23.3 Å². The van der Waals surface area contributed by atoms with Crippen LogP contribution in [0.25, 0.3) is 0 Å². The molecule has 5 nitrogen and oxygen atoms in total. The first-order chi connectivity index (χ1) is 17.3. The molecule has 36 heavy (non-hydrogen) atoms. The lowest BCUT2D eigenvalue weighted by Gasteiger charge is -2.45. The van der Waals surface area contributed by atoms with Crippen LogP contribution in [0.1, 0.15) is 60.5 Å². The molecule has 3 aliphatic rings. The highest BCUT2D eigenvalue weighted by molar-refractivity contribution is 6.30. The molecule has 0 aromatic heterocycles. The van der Waals surface area contributed by atoms with Crippen LogP contribution in [0.15, 0.2) is 42.5 Å². The van der Waals surface area contributed by atoms with E-state index in [0.717, 1.165) is 38.5 Å². The zero-order chi connectivity index (χ0) is 25.4. The van der Waals surface area contributed by atoms with Gasteiger partial charge in [-0.15, -0.1) is 0 Å². The van der Waals surface area contributed by atoms with Gasteiger partial charge in [0.15, 0.2) is 0 Å². The van der Waals surface area contributed by atoms with Crippen molar-refractivity contribution in [2.24, 2.45) is 11.8 Å². The van der Waals surface area contributed by atoms with E-state index in [1.807, 2.05) is 31.2 Å². The second-order valence-corrected chi connectivity index (χ2v) is 11.0. The minimum atomic E-state index is -1.30. The number of hydrogen-bond donors (Lipinski definition) is 2. The number of ether oxygens (including phenoxy) is 1. The second kappa shape index (κ2) is 10.1. The van der Waals surface area contributed by atoms with E-state index in [1.165, 1.54) is 23.3 Å². The van der Waals surface area contributed by atoms with Crippen molar-refractivity contribution in [1.29, 1.82) is 0 Å². The van der Waals surface area contributed by atoms with Gasteiger partial charge in [0, 0.05) is 29.6 Å². The number of aliphatic hydroxyl groups excluding tert-OH is 1. The van der Waals surface area contributed by atoms with Gasteiger partial charge < -0.3 is 19.8 Å². The summed E-state index contributed by atoms with van der Waals surface area (Å²) < 4.78 is 21.0. The van der Waals surface area contributed by atoms with E-state index in [-0.39, 0.29) is 22.8 Å². The standard InChI is InChI=1S/C29H33ClFNO4/c1-2-3-6-26(33)21-9-7-19(21)15-32-16-29(11-4-5-18-12-20(30)8-10-23(18)29)17-36-27-14-24(31)22(28(34)35)13-25(27)32/h3,6,8,10,12-14,19,21,26,33H,2,4-5,7,9,11,15-17H2,1H3,(H,34,35)/b6-3+/t19-,21+,26-,29-/m0/s1. The van der Waals surface area contributed by atoms with E-state index in [9.17, 15) is 19.4 Å². The Labute approximate surface area is 216 Å². The number of nitrogens with zero attached hydrogens (tertiary/aromatic N) is 1. The van der Waals surface area contributed by atoms with Gasteiger partial charge in [-0.05, 0) is 79.7 Å². The molecule has 7 heteroatoms. The van der Waals surface area contributed by atoms with Crippen molar-refractivity contribution in [3.05, 3.63) is 70.0 Å². The highest BCUT2D eigenvalue weighted by Gasteiger charge is 2.44. The lowest BCUT2D eigenvalue weighted by Crippen LogP contribution is -2.49. The van der Waals surface area contributed by atoms with Crippen molar-refractivity contribution in [1.82, 2.24) is 0 Å². The van der Waals surface area contributed by atoms with Crippen LogP contribution in [0, 0.1) is 17.7 Å². The summed E-state index contributed by atoms with van der Waals surface area (Å²) in [5.74, 6) is -1.33. The summed E-state index contributed by atoms with van der Waals surface area (Å²) in [6.07, 6.45) is 9.05. The maximum Gasteiger partial charge on any atom is 0.338 e. The SMILES string of the molecule is CC/C=C/[C@H](O)[C@@H]1CC[C@H]1CN1C[C@@]2(CCCc3cc(Cl)ccc32)COc2cc(F)c(C(=O)O)cc21. The van der Waals surface area contributed by atoms with Crippen molar-refractivity contribution < 1.29 is 24.1 Å². The van der Waals surface area contributed by atoms with E-state index in [4.69, 9.17) is 16.3 Å². The summed E-state index contributed by atoms with van der Waals surface area (Å²) >= 11 is 6.31. The minimum absolute atomic E-state index is 0.146. The van der Waals surface area contributed by atoms with Crippen molar-refractivity contribution in [2.45, 2.75) is 57.0 Å². The molecule has 1 fully saturated rings. The Morgan fingerprint density at radius 1 is 1.33 bits per heavy atom. The van der Waals surface area contributed by atoms with Gasteiger partial charge in [0.25, 0.3) is 0 Å². The zero-order valence-electron chi connectivity index (χ0n) is 20.6. The van der Waals surface area contributed by atoms with Crippen LogP contribution in [0.3, 0.4) is 0 Å². The molecule has 5 rings (SSSR count). The molecule has 0 amide bonds. The number of aryl methyl sites for hydroxylation is 1. The lowest BCUT2D eigenvalue weighted by atomic mass is 9.68. The van der Waals surface area contributed by atoms with Crippen molar-refractivity contribution in [2.75, 3.05) is 24.6 Å². The van der Waals surface area contributed by atoms with Crippen LogP contribution in [0.2, 0.25) is 5.02 Å². The molecule has 1 saturated carbocycles. The Morgan fingerprint density at radius 2 is 2.17 bits per heavy atom. The first-order valence-corrected chi connectivity index (χ1v) is 13.3. The molecule has 1 aliphatic heterocycles. The summed E-state index contributed by atoms with van der Waals surface area (Å²) in [5.41, 5.74) is 2.34. The number of benzene rings is 2. The van der Waals surface area contributed by atoms with Gasteiger partial charge in [-0.2, -0.15) is 0 Å². The number of carboxylic acids is 1. The first kappa shape index (κ1) is 25.1. The van der Waals surface area contributed by atoms with Crippen molar-refractivity contribution in [3.8, 4) is 5.75 Å². The summed E-state index contributed by atoms with van der Waals surface area (Å²) in [6.45, 7) is 3.70. The fraction of sp³-hybridized carbons (Fsp3) is 0.483. The average molecular weight is 514 g/mol. The minimum Gasteiger partial charge on any atom is -0.490 e. The van der Waals surface area contributed by atoms with Gasteiger partial charge in [-0.25, -0.2) is 9.18 Å². The number of fused-ring (bicyclic) bond motifs is 3. The maximum atomic E-state index is 14.7. The van der Waals surface area contributed by atoms with Crippen LogP contribution in [0.5, 0.6) is 5.75 Å². The van der Waals surface area contributed by atoms with E-state index in [2.05, 4.69) is 11.0 Å². The van der Waals surface area contributed by atoms with E-state index in [1.54, 1.807) is 0 Å². The lowest BCUT2D eigenvalue weighted by molar-refractivity contribution is 0.0456. The van der Waals surface area contributed by atoms with Gasteiger partial charge in [-0.1, -0.05) is 36.7 Å². The molecule has 0 saturated heterocycles. The first-order valence-electron chi connectivity index (χ1n) is 12.9. The number of aromatic carboxylic acids is 1. The van der Waals surface area contributed by atoms with Gasteiger partial charge in [0.1, 0.15) is 11.6 Å². The van der Waals surface area contributed by atoms with Gasteiger partial charge >= 0.3 is 5.97 Å². The molecule has 0 radical (unpaired) electrons. The molecule has 2 N–H and O–H groups in total. The molecule has 2 aliphatic carbocycles. The van der Waals surface area contributed by atoms with Gasteiger partial charge in [0.05, 0.1) is 24.0 Å². The molecule has 192 valence electrons. The third kappa shape index (κ3) is 4.61. The van der Waals surface area contributed by atoms with Gasteiger partial charge in [0.2, 0.25) is 0 Å². The number of aliphatic hydroxyl groups is 1. The molecule has 0 bridgehead atoms. The Hall–Kier alpha value is -2.57. The van der Waals surface area contributed by atoms with Crippen LogP contribution < -0.4 is 9.64 Å². The smallest absolute Gasteiger partial charge is 0.338 e. The van der Waals surface area contributed by atoms with E-state index < -0.39 is 17.9 Å². The number of carboxylic acid groups (broad SMARTS) is 1. The molecule has 1 spiro atoms. The fourth-order valence-corrected chi connectivity index (χ4v) is 6.46. The monoisotopic (exact) mass is 513 g/mol. The largest absolute Gasteiger partial charge is 0.490 e. The summed E-state index contributed by atoms with van der Waals surface area (Å²) in [6, 6.07) is 8.66. The third-order valence-electron chi connectivity index (χ3n) is 8.30. The molecule has 4 atom stereocenters. The predicted molar refractivity (Wildman–Crippen MR) is 139 cm³/mol. The van der Waals surface area contributed by atoms with Crippen LogP contribution in [0.4, 0.5) is 10.1 Å². The van der Waals surface area contributed by atoms with E-state index in [0.29, 0.717) is 36.2 Å². The van der Waals surface area contributed by atoms with Crippen LogP contribution in [-0.2, 0) is 11.8 Å². The summed E-state index contributed by atoms with van der Waals surface area (Å²) in [5, 5.41) is 21.0. The second-order valence-electron chi connectivity index (χ2n) is 10.5. The molecule has 2 aromatic carbocycles. The number of halogens is 2. The summed E-state index contributed by atoms with van der Waals surface area (Å²) in [7, 11) is 0. The van der Waals surface area contributed by atoms with Crippen LogP contribution >= 0.6 is 11.6 Å². The molecule has 0 unspecified atom stereocenters. The highest BCUT2D eigenvalue weighted by Crippen LogP contribution is 2.47. The number of hydrogen-bond acceptors (Lipinski definition) is 4. The highest BCUT2D eigenvalue weighted by atomic mass is 35.5. The quantitative estimate of drug-likeness (QED) is 0.463. The Bertz CT molecular complexity index is 1180. The Balaban J connectivity index is 1.53. The average Bonchev–Trinajstić information content (AvgIpc) is 2.97. The Morgan fingerprint density at radius 3 is 2.89 bits per heavy atom. The third-order valence-corrected chi connectivity index (χ3v) is 8.53. The van der Waals surface area contributed by atoms with Crippen molar-refractivity contribution in [3.63, 3.8) is 0 Å². The number of rotatable bonds is 6. The van der Waals surface area contributed by atoms with Gasteiger partial charge in [-0.3, -0.25) is 0 Å². The molecular weight excluding hydrogens is 481 g/mol. The Kier molecular flexibility index (Phi) is 7.01. The fourth-order valence-electron chi connectivity index (χ4n) is 6.27. The van der Waals surface area contributed by atoms with Crippen LogP contribution in [-0.4, -0.2) is 42.0 Å². The maximum absolute atomic E-state index is 14.7. The van der Waals surface area contributed by atoms with E-state index >= 15 is 0 Å². The summed E-state index contributed by atoms with van der Waals surface area (Å²) in [4.78, 5) is 14.0. The molecule has 2 aromatic rings. The normalized spacial score (nSPS) is 26.1. The topological polar surface area (TPSA) is 70.0 Å². The zero-order valence-corrected chi connectivity index (χ0v) is 21.3. The number of carbonyl (C=O) groups is 1. The molecule has 1 heterocycles. The number of anilines is 1. The molecular formula is C29H33ClFNO4. The number of allylic oxidation sites excluding steroid dienone is 1. The predicted octanol–water partition coefficient (Wildman–Crippen LogP) is 6.00.